The molecular formula is C14H15N3O2. The highest BCUT2D eigenvalue weighted by molar-refractivity contribution is 5.95. The topological polar surface area (TPSA) is 64.1 Å². The van der Waals surface area contributed by atoms with Crippen molar-refractivity contribution < 1.29 is 9.53 Å². The number of carbonyl (C=O) groups is 1. The second-order valence-corrected chi connectivity index (χ2v) is 4.09. The van der Waals surface area contributed by atoms with Crippen LogP contribution < -0.4 is 5.32 Å². The Bertz CT molecular complexity index is 570. The Hall–Kier alpha value is -2.43. The molecule has 1 heterocycles. The maximum absolute atomic E-state index is 11.7. The van der Waals surface area contributed by atoms with Crippen LogP contribution in [0.25, 0.3) is 0 Å². The molecule has 0 atom stereocenters. The number of nitrogens with one attached hydrogen (secondary N) is 1. The first-order chi connectivity index (χ1) is 9.20. The van der Waals surface area contributed by atoms with Crippen molar-refractivity contribution in [3.8, 4) is 0 Å². The van der Waals surface area contributed by atoms with Crippen LogP contribution in [-0.2, 0) is 11.3 Å². The highest BCUT2D eigenvalue weighted by Crippen LogP contribution is 2.19. The fourth-order valence-corrected chi connectivity index (χ4v) is 1.70. The van der Waals surface area contributed by atoms with E-state index < -0.39 is 0 Å². The first-order valence-corrected chi connectivity index (χ1v) is 5.88. The number of hydrogen-bond donors (Lipinski definition) is 1. The third kappa shape index (κ3) is 3.28. The van der Waals surface area contributed by atoms with E-state index >= 15 is 0 Å². The summed E-state index contributed by atoms with van der Waals surface area (Å²) >= 11 is 0. The monoisotopic (exact) mass is 257 g/mol. The predicted molar refractivity (Wildman–Crippen MR) is 71.9 cm³/mol. The molecule has 5 nitrogen and oxygen atoms in total. The molecule has 0 aliphatic rings. The second-order valence-electron chi connectivity index (χ2n) is 4.09. The fraction of sp³-hybridized carbons (Fsp3) is 0.214. The molecule has 0 aliphatic heterocycles. The number of benzene rings is 1. The molecule has 0 bridgehead atoms. The van der Waals surface area contributed by atoms with Gasteiger partial charge >= 0.3 is 5.97 Å². The average Bonchev–Trinajstić information content (AvgIpc) is 2.46. The first kappa shape index (κ1) is 13.0. The Balaban J connectivity index is 2.18. The van der Waals surface area contributed by atoms with Crippen LogP contribution in [0.3, 0.4) is 0 Å². The second kappa shape index (κ2) is 5.95. The van der Waals surface area contributed by atoms with Gasteiger partial charge in [0.05, 0.1) is 24.9 Å². The van der Waals surface area contributed by atoms with E-state index in [2.05, 4.69) is 15.3 Å². The minimum atomic E-state index is -0.353. The molecule has 0 saturated carbocycles. The number of aryl methyl sites for hydroxylation is 1. The minimum absolute atomic E-state index is 0.353. The van der Waals surface area contributed by atoms with Crippen LogP contribution in [0.5, 0.6) is 0 Å². The van der Waals surface area contributed by atoms with Crippen LogP contribution >= 0.6 is 0 Å². The highest BCUT2D eigenvalue weighted by atomic mass is 16.5. The van der Waals surface area contributed by atoms with Gasteiger partial charge in [-0.2, -0.15) is 0 Å². The van der Waals surface area contributed by atoms with E-state index in [1.165, 1.54) is 13.4 Å². The predicted octanol–water partition coefficient (Wildman–Crippen LogP) is 2.18. The van der Waals surface area contributed by atoms with Gasteiger partial charge in [0.2, 0.25) is 0 Å². The summed E-state index contributed by atoms with van der Waals surface area (Å²) in [6, 6.07) is 7.42. The summed E-state index contributed by atoms with van der Waals surface area (Å²) < 4.78 is 4.78. The molecule has 19 heavy (non-hydrogen) atoms. The van der Waals surface area contributed by atoms with Gasteiger partial charge in [-0.15, -0.1) is 0 Å². The van der Waals surface area contributed by atoms with Crippen LogP contribution in [0, 0.1) is 6.92 Å². The number of methoxy groups -OCH3 is 1. The third-order valence-electron chi connectivity index (χ3n) is 2.68. The summed E-state index contributed by atoms with van der Waals surface area (Å²) in [6.07, 6.45) is 3.17. The van der Waals surface area contributed by atoms with Crippen molar-refractivity contribution in [2.45, 2.75) is 13.5 Å². The average molecular weight is 257 g/mol. The molecule has 0 unspecified atom stereocenters. The lowest BCUT2D eigenvalue weighted by Gasteiger charge is -2.11. The summed E-state index contributed by atoms with van der Waals surface area (Å²) in [5, 5.41) is 3.18. The molecule has 0 spiro atoms. The van der Waals surface area contributed by atoms with Gasteiger partial charge in [0, 0.05) is 11.9 Å². The summed E-state index contributed by atoms with van der Waals surface area (Å²) in [5.74, 6) is -0.353. The SMILES string of the molecule is COC(=O)c1cc(C)ccc1NCc1ccncn1. The van der Waals surface area contributed by atoms with Crippen LogP contribution in [0.15, 0.2) is 36.8 Å². The Kier molecular flexibility index (Phi) is 4.07. The van der Waals surface area contributed by atoms with Crippen LogP contribution in [0.1, 0.15) is 21.6 Å². The fourth-order valence-electron chi connectivity index (χ4n) is 1.70. The number of ether oxygens (including phenoxy) is 1. The molecule has 98 valence electrons. The van der Waals surface area contributed by atoms with Crippen molar-refractivity contribution in [2.75, 3.05) is 12.4 Å². The molecule has 2 rings (SSSR count). The van der Waals surface area contributed by atoms with Crippen molar-refractivity contribution in [2.24, 2.45) is 0 Å². The maximum Gasteiger partial charge on any atom is 0.339 e. The maximum atomic E-state index is 11.7. The third-order valence-corrected chi connectivity index (χ3v) is 2.68. The molecule has 0 saturated heterocycles. The van der Waals surface area contributed by atoms with E-state index in [0.29, 0.717) is 12.1 Å². The van der Waals surface area contributed by atoms with Crippen molar-refractivity contribution in [1.29, 1.82) is 0 Å². The molecule has 0 radical (unpaired) electrons. The highest BCUT2D eigenvalue weighted by Gasteiger charge is 2.11. The van der Waals surface area contributed by atoms with E-state index in [0.717, 1.165) is 16.9 Å². The molecule has 0 amide bonds. The van der Waals surface area contributed by atoms with Crippen molar-refractivity contribution in [1.82, 2.24) is 9.97 Å². The van der Waals surface area contributed by atoms with Gasteiger partial charge in [0.1, 0.15) is 6.33 Å². The van der Waals surface area contributed by atoms with Gasteiger partial charge in [-0.25, -0.2) is 14.8 Å². The van der Waals surface area contributed by atoms with Crippen LogP contribution in [-0.4, -0.2) is 23.0 Å². The zero-order chi connectivity index (χ0) is 13.7. The molecule has 0 fully saturated rings. The van der Waals surface area contributed by atoms with E-state index in [1.54, 1.807) is 12.3 Å². The van der Waals surface area contributed by atoms with Crippen molar-refractivity contribution >= 4 is 11.7 Å². The van der Waals surface area contributed by atoms with E-state index in [4.69, 9.17) is 4.74 Å². The molecule has 2 aromatic rings. The Morgan fingerprint density at radius 1 is 1.37 bits per heavy atom. The molecule has 5 heteroatoms. The molecular weight excluding hydrogens is 242 g/mol. The summed E-state index contributed by atoms with van der Waals surface area (Å²) in [6.45, 7) is 2.45. The molecule has 1 N–H and O–H groups in total. The Morgan fingerprint density at radius 3 is 2.89 bits per heavy atom. The van der Waals surface area contributed by atoms with Gasteiger partial charge in [-0.3, -0.25) is 0 Å². The van der Waals surface area contributed by atoms with E-state index in [9.17, 15) is 4.79 Å². The van der Waals surface area contributed by atoms with Gasteiger partial charge in [-0.05, 0) is 25.1 Å². The molecule has 1 aromatic carbocycles. The quantitative estimate of drug-likeness (QED) is 0.850. The smallest absolute Gasteiger partial charge is 0.339 e. The minimum Gasteiger partial charge on any atom is -0.465 e. The van der Waals surface area contributed by atoms with E-state index in [-0.39, 0.29) is 5.97 Å². The normalized spacial score (nSPS) is 10.0. The lowest BCUT2D eigenvalue weighted by atomic mass is 10.1. The van der Waals surface area contributed by atoms with Gasteiger partial charge in [-0.1, -0.05) is 11.6 Å². The van der Waals surface area contributed by atoms with Gasteiger partial charge in [0.25, 0.3) is 0 Å². The van der Waals surface area contributed by atoms with Gasteiger partial charge in [0.15, 0.2) is 0 Å². The summed E-state index contributed by atoms with van der Waals surface area (Å²) in [5.41, 5.74) is 3.12. The van der Waals surface area contributed by atoms with E-state index in [1.807, 2.05) is 25.1 Å². The van der Waals surface area contributed by atoms with Crippen LogP contribution in [0.4, 0.5) is 5.69 Å². The summed E-state index contributed by atoms with van der Waals surface area (Å²) in [7, 11) is 1.37. The van der Waals surface area contributed by atoms with Gasteiger partial charge < -0.3 is 10.1 Å². The standard InChI is InChI=1S/C14H15N3O2/c1-10-3-4-13(12(7-10)14(18)19-2)16-8-11-5-6-15-9-17-11/h3-7,9,16H,8H2,1-2H3. The zero-order valence-corrected chi connectivity index (χ0v) is 10.9. The number of nitrogens with zero attached hydrogens (tertiary/aromatic N) is 2. The molecule has 0 aliphatic carbocycles. The number of anilines is 1. The zero-order valence-electron chi connectivity index (χ0n) is 10.9. The number of rotatable bonds is 4. The van der Waals surface area contributed by atoms with Crippen LogP contribution in [0.2, 0.25) is 0 Å². The number of esters is 1. The summed E-state index contributed by atoms with van der Waals surface area (Å²) in [4.78, 5) is 19.7. The van der Waals surface area contributed by atoms with Crippen molar-refractivity contribution in [3.63, 3.8) is 0 Å². The number of aromatic nitrogens is 2. The largest absolute Gasteiger partial charge is 0.465 e. The molecule has 1 aromatic heterocycles. The Labute approximate surface area is 111 Å². The number of hydrogen-bond acceptors (Lipinski definition) is 5. The lowest BCUT2D eigenvalue weighted by molar-refractivity contribution is 0.0601. The van der Waals surface area contributed by atoms with Crippen molar-refractivity contribution in [3.05, 3.63) is 53.6 Å². The Morgan fingerprint density at radius 2 is 2.21 bits per heavy atom. The first-order valence-electron chi connectivity index (χ1n) is 5.88. The lowest BCUT2D eigenvalue weighted by Crippen LogP contribution is -2.09. The number of carbonyl (C=O) groups excluding carboxylic acids is 1.